The fraction of sp³-hybridized carbons (Fsp3) is 0.938. The number of carbonyl (C=O) groups excluding carboxylic acids is 1. The summed E-state index contributed by atoms with van der Waals surface area (Å²) >= 11 is 0. The summed E-state index contributed by atoms with van der Waals surface area (Å²) in [6.45, 7) is 4.66. The van der Waals surface area contributed by atoms with Crippen LogP contribution in [0.2, 0.25) is 0 Å². The van der Waals surface area contributed by atoms with Crippen molar-refractivity contribution >= 4 is 5.91 Å². The third-order valence-electron chi connectivity index (χ3n) is 6.35. The first kappa shape index (κ1) is 13.1. The van der Waals surface area contributed by atoms with Gasteiger partial charge in [0.05, 0.1) is 6.54 Å². The predicted octanol–water partition coefficient (Wildman–Crippen LogP) is 0.833. The van der Waals surface area contributed by atoms with Crippen molar-refractivity contribution < 1.29 is 4.79 Å². The van der Waals surface area contributed by atoms with Gasteiger partial charge in [-0.3, -0.25) is 9.69 Å². The molecule has 3 aliphatic carbocycles. The number of piperazine rings is 1. The Morgan fingerprint density at radius 3 is 2.75 bits per heavy atom. The number of nitrogens with zero attached hydrogens (tertiary/aromatic N) is 1. The second kappa shape index (κ2) is 5.30. The first-order valence-electron chi connectivity index (χ1n) is 8.53. The van der Waals surface area contributed by atoms with Gasteiger partial charge in [0.15, 0.2) is 0 Å². The largest absolute Gasteiger partial charge is 0.352 e. The molecule has 1 heterocycles. The van der Waals surface area contributed by atoms with Crippen LogP contribution in [0, 0.1) is 23.7 Å². The molecule has 112 valence electrons. The molecule has 4 aliphatic rings. The maximum absolute atomic E-state index is 12.3. The van der Waals surface area contributed by atoms with Gasteiger partial charge in [-0.25, -0.2) is 0 Å². The average molecular weight is 277 g/mol. The van der Waals surface area contributed by atoms with Crippen LogP contribution in [0.3, 0.4) is 0 Å². The van der Waals surface area contributed by atoms with E-state index in [0.717, 1.165) is 49.9 Å². The van der Waals surface area contributed by atoms with Gasteiger partial charge in [0.2, 0.25) is 5.91 Å². The van der Waals surface area contributed by atoms with Gasteiger partial charge in [0.1, 0.15) is 0 Å². The average Bonchev–Trinajstić information content (AvgIpc) is 3.11. The van der Waals surface area contributed by atoms with Gasteiger partial charge >= 0.3 is 0 Å². The van der Waals surface area contributed by atoms with Crippen molar-refractivity contribution in [3.8, 4) is 0 Å². The monoisotopic (exact) mass is 277 g/mol. The molecule has 0 aromatic rings. The lowest BCUT2D eigenvalue weighted by atomic mass is 9.79. The maximum atomic E-state index is 12.3. The second-order valence-electron chi connectivity index (χ2n) is 7.35. The Balaban J connectivity index is 1.30. The Hall–Kier alpha value is -0.610. The zero-order valence-electron chi connectivity index (χ0n) is 12.3. The molecule has 4 nitrogen and oxygen atoms in total. The quantitative estimate of drug-likeness (QED) is 0.803. The Morgan fingerprint density at radius 2 is 1.90 bits per heavy atom. The van der Waals surface area contributed by atoms with Crippen molar-refractivity contribution in [3.05, 3.63) is 0 Å². The molecule has 4 fully saturated rings. The van der Waals surface area contributed by atoms with E-state index < -0.39 is 0 Å². The topological polar surface area (TPSA) is 44.4 Å². The molecule has 1 saturated heterocycles. The summed E-state index contributed by atoms with van der Waals surface area (Å²) in [7, 11) is 0. The van der Waals surface area contributed by atoms with Gasteiger partial charge in [-0.05, 0) is 49.4 Å². The standard InChI is InChI=1S/C16H27N3O/c20-16(10-19-6-4-17-5-7-19)18-15-9-11-8-14(15)13-3-1-2-12(11)13/h11-15,17H,1-10H2,(H,18,20). The molecule has 20 heavy (non-hydrogen) atoms. The summed E-state index contributed by atoms with van der Waals surface area (Å²) in [6, 6.07) is 0.495. The molecule has 0 radical (unpaired) electrons. The van der Waals surface area contributed by atoms with E-state index in [-0.39, 0.29) is 5.91 Å². The molecule has 5 unspecified atom stereocenters. The number of hydrogen-bond donors (Lipinski definition) is 2. The molecule has 2 N–H and O–H groups in total. The van der Waals surface area contributed by atoms with Gasteiger partial charge < -0.3 is 10.6 Å². The molecule has 0 aromatic carbocycles. The third kappa shape index (κ3) is 2.27. The Labute approximate surface area is 121 Å². The minimum absolute atomic E-state index is 0.263. The van der Waals surface area contributed by atoms with Gasteiger partial charge in [-0.15, -0.1) is 0 Å². The number of hydrogen-bond acceptors (Lipinski definition) is 3. The molecule has 4 rings (SSSR count). The van der Waals surface area contributed by atoms with E-state index in [0.29, 0.717) is 12.6 Å². The van der Waals surface area contributed by atoms with Crippen LogP contribution in [0.5, 0.6) is 0 Å². The summed E-state index contributed by atoms with van der Waals surface area (Å²) in [5.74, 6) is 3.95. The van der Waals surface area contributed by atoms with Gasteiger partial charge in [0.25, 0.3) is 0 Å². The van der Waals surface area contributed by atoms with Crippen LogP contribution in [0.4, 0.5) is 0 Å². The van der Waals surface area contributed by atoms with Crippen LogP contribution in [0.15, 0.2) is 0 Å². The molecule has 5 atom stereocenters. The van der Waals surface area contributed by atoms with Crippen LogP contribution in [0.1, 0.15) is 32.1 Å². The summed E-state index contributed by atoms with van der Waals surface area (Å²) in [6.07, 6.45) is 6.99. The van der Waals surface area contributed by atoms with Gasteiger partial charge in [-0.2, -0.15) is 0 Å². The highest BCUT2D eigenvalue weighted by molar-refractivity contribution is 5.78. The second-order valence-corrected chi connectivity index (χ2v) is 7.35. The van der Waals surface area contributed by atoms with E-state index in [1.54, 1.807) is 0 Å². The number of nitrogens with one attached hydrogen (secondary N) is 2. The van der Waals surface area contributed by atoms with E-state index in [9.17, 15) is 4.79 Å². The van der Waals surface area contributed by atoms with E-state index in [2.05, 4.69) is 15.5 Å². The van der Waals surface area contributed by atoms with Crippen molar-refractivity contribution in [2.75, 3.05) is 32.7 Å². The fourth-order valence-corrected chi connectivity index (χ4v) is 5.56. The smallest absolute Gasteiger partial charge is 0.234 e. The zero-order valence-corrected chi connectivity index (χ0v) is 12.3. The van der Waals surface area contributed by atoms with E-state index in [1.165, 1.54) is 32.1 Å². The first-order chi connectivity index (χ1) is 9.81. The molecule has 0 spiro atoms. The van der Waals surface area contributed by atoms with E-state index >= 15 is 0 Å². The maximum Gasteiger partial charge on any atom is 0.234 e. The Bertz CT molecular complexity index is 380. The number of amides is 1. The lowest BCUT2D eigenvalue weighted by Gasteiger charge is -2.33. The lowest BCUT2D eigenvalue weighted by molar-refractivity contribution is -0.123. The summed E-state index contributed by atoms with van der Waals surface area (Å²) < 4.78 is 0. The molecular formula is C16H27N3O. The van der Waals surface area contributed by atoms with E-state index in [4.69, 9.17) is 0 Å². The first-order valence-corrected chi connectivity index (χ1v) is 8.53. The molecule has 1 amide bonds. The van der Waals surface area contributed by atoms with Crippen molar-refractivity contribution in [3.63, 3.8) is 0 Å². The molecular weight excluding hydrogens is 250 g/mol. The van der Waals surface area contributed by atoms with Crippen LogP contribution in [-0.2, 0) is 4.79 Å². The highest BCUT2D eigenvalue weighted by Crippen LogP contribution is 2.58. The lowest BCUT2D eigenvalue weighted by Crippen LogP contribution is -2.50. The summed E-state index contributed by atoms with van der Waals surface area (Å²) in [5.41, 5.74) is 0. The summed E-state index contributed by atoms with van der Waals surface area (Å²) in [4.78, 5) is 14.5. The summed E-state index contributed by atoms with van der Waals surface area (Å²) in [5, 5.41) is 6.70. The highest BCUT2D eigenvalue weighted by Gasteiger charge is 2.53. The van der Waals surface area contributed by atoms with Crippen LogP contribution in [-0.4, -0.2) is 49.6 Å². The number of fused-ring (bicyclic) bond motifs is 5. The van der Waals surface area contributed by atoms with Gasteiger partial charge in [0, 0.05) is 32.2 Å². The highest BCUT2D eigenvalue weighted by atomic mass is 16.2. The molecule has 3 saturated carbocycles. The minimum Gasteiger partial charge on any atom is -0.352 e. The van der Waals surface area contributed by atoms with Crippen molar-refractivity contribution in [1.29, 1.82) is 0 Å². The SMILES string of the molecule is O=C(CN1CCNCC1)NC1CC2CC1C1CCCC21. The van der Waals surface area contributed by atoms with E-state index in [1.807, 2.05) is 0 Å². The van der Waals surface area contributed by atoms with Gasteiger partial charge in [-0.1, -0.05) is 6.42 Å². The molecule has 1 aliphatic heterocycles. The normalized spacial score (nSPS) is 43.7. The molecule has 0 aromatic heterocycles. The number of rotatable bonds is 3. The number of carbonyl (C=O) groups is 1. The predicted molar refractivity (Wildman–Crippen MR) is 78.3 cm³/mol. The third-order valence-corrected chi connectivity index (χ3v) is 6.35. The molecule has 2 bridgehead atoms. The van der Waals surface area contributed by atoms with Crippen molar-refractivity contribution in [1.82, 2.24) is 15.5 Å². The minimum atomic E-state index is 0.263. The fourth-order valence-electron chi connectivity index (χ4n) is 5.56. The Morgan fingerprint density at radius 1 is 1.10 bits per heavy atom. The van der Waals surface area contributed by atoms with Crippen molar-refractivity contribution in [2.24, 2.45) is 23.7 Å². The van der Waals surface area contributed by atoms with Crippen molar-refractivity contribution in [2.45, 2.75) is 38.1 Å². The Kier molecular flexibility index (Phi) is 3.47. The molecule has 4 heteroatoms. The van der Waals surface area contributed by atoms with Crippen LogP contribution >= 0.6 is 0 Å². The van der Waals surface area contributed by atoms with Crippen LogP contribution < -0.4 is 10.6 Å². The van der Waals surface area contributed by atoms with Crippen LogP contribution in [0.25, 0.3) is 0 Å². The zero-order chi connectivity index (χ0) is 13.5.